The Balaban J connectivity index is 2.14. The Morgan fingerprint density at radius 2 is 1.62 bits per heavy atom. The van der Waals surface area contributed by atoms with Crippen molar-refractivity contribution < 1.29 is 4.79 Å². The lowest BCUT2D eigenvalue weighted by Gasteiger charge is -2.42. The monoisotopic (exact) mass is 458 g/mol. The SMILES string of the molecule is CCc1c(C(C)(C)C(C)(C)C(C)=O)c(C)c2n(c1=O)Cc1c-2nc2cc(C)c(C)c(C)c2c1C. The lowest BCUT2D eigenvalue weighted by molar-refractivity contribution is -0.128. The Hall–Kier alpha value is -2.75. The van der Waals surface area contributed by atoms with Gasteiger partial charge in [0.25, 0.3) is 5.56 Å². The zero-order valence-corrected chi connectivity index (χ0v) is 22.7. The van der Waals surface area contributed by atoms with Crippen molar-refractivity contribution >= 4 is 16.7 Å². The maximum atomic E-state index is 13.9. The number of aromatic nitrogens is 2. The number of carbonyl (C=O) groups excluding carboxylic acids is 1. The summed E-state index contributed by atoms with van der Waals surface area (Å²) in [4.78, 5) is 31.8. The molecule has 0 saturated heterocycles. The van der Waals surface area contributed by atoms with Gasteiger partial charge < -0.3 is 4.57 Å². The Labute approximate surface area is 203 Å². The molecule has 0 saturated carbocycles. The van der Waals surface area contributed by atoms with Crippen molar-refractivity contribution in [2.75, 3.05) is 0 Å². The smallest absolute Gasteiger partial charge is 0.254 e. The molecule has 3 heterocycles. The third-order valence-corrected chi connectivity index (χ3v) is 9.25. The van der Waals surface area contributed by atoms with Crippen molar-refractivity contribution in [3.05, 3.63) is 60.9 Å². The summed E-state index contributed by atoms with van der Waals surface area (Å²) in [5.41, 5.74) is 10.8. The lowest BCUT2D eigenvalue weighted by atomic mass is 9.60. The van der Waals surface area contributed by atoms with Crippen LogP contribution in [0.25, 0.3) is 22.3 Å². The first kappa shape index (κ1) is 24.4. The minimum Gasteiger partial charge on any atom is -0.302 e. The molecule has 4 nitrogen and oxygen atoms in total. The van der Waals surface area contributed by atoms with Gasteiger partial charge in [-0.2, -0.15) is 0 Å². The van der Waals surface area contributed by atoms with E-state index in [2.05, 4.69) is 54.5 Å². The van der Waals surface area contributed by atoms with E-state index in [1.165, 1.54) is 27.6 Å². The van der Waals surface area contributed by atoms with E-state index >= 15 is 0 Å². The highest BCUT2D eigenvalue weighted by Gasteiger charge is 2.45. The Bertz CT molecular complexity index is 1450. The van der Waals surface area contributed by atoms with Crippen LogP contribution in [-0.4, -0.2) is 15.3 Å². The number of nitrogens with zero attached hydrogens (tertiary/aromatic N) is 2. The van der Waals surface area contributed by atoms with Crippen molar-refractivity contribution in [2.24, 2.45) is 5.41 Å². The van der Waals surface area contributed by atoms with E-state index in [1.807, 2.05) is 25.3 Å². The van der Waals surface area contributed by atoms with E-state index in [4.69, 9.17) is 4.98 Å². The van der Waals surface area contributed by atoms with Crippen LogP contribution in [0.4, 0.5) is 0 Å². The number of rotatable bonds is 4. The van der Waals surface area contributed by atoms with Crippen LogP contribution in [0.15, 0.2) is 10.9 Å². The number of hydrogen-bond acceptors (Lipinski definition) is 3. The molecule has 2 aromatic heterocycles. The van der Waals surface area contributed by atoms with E-state index in [9.17, 15) is 9.59 Å². The first-order valence-electron chi connectivity index (χ1n) is 12.4. The van der Waals surface area contributed by atoms with Gasteiger partial charge in [0.2, 0.25) is 0 Å². The maximum Gasteiger partial charge on any atom is 0.254 e. The molecule has 0 spiro atoms. The number of ketones is 1. The van der Waals surface area contributed by atoms with Crippen molar-refractivity contribution in [3.8, 4) is 11.4 Å². The third kappa shape index (κ3) is 3.00. The molecule has 34 heavy (non-hydrogen) atoms. The summed E-state index contributed by atoms with van der Waals surface area (Å²) in [6.45, 7) is 23.2. The summed E-state index contributed by atoms with van der Waals surface area (Å²) in [7, 11) is 0. The summed E-state index contributed by atoms with van der Waals surface area (Å²) >= 11 is 0. The van der Waals surface area contributed by atoms with Crippen LogP contribution >= 0.6 is 0 Å². The molecule has 0 aliphatic carbocycles. The fraction of sp³-hybridized carbons (Fsp3) is 0.500. The normalized spacial score (nSPS) is 13.4. The zero-order chi connectivity index (χ0) is 25.5. The molecule has 0 fully saturated rings. The fourth-order valence-electron chi connectivity index (χ4n) is 5.99. The Morgan fingerprint density at radius 3 is 2.18 bits per heavy atom. The van der Waals surface area contributed by atoms with Crippen molar-refractivity contribution in [3.63, 3.8) is 0 Å². The molecule has 1 aliphatic heterocycles. The van der Waals surface area contributed by atoms with Gasteiger partial charge in [0.05, 0.1) is 23.4 Å². The first-order valence-corrected chi connectivity index (χ1v) is 12.4. The minimum absolute atomic E-state index is 0.0519. The maximum absolute atomic E-state index is 13.9. The summed E-state index contributed by atoms with van der Waals surface area (Å²) in [5.74, 6) is 0.126. The van der Waals surface area contributed by atoms with E-state index in [1.54, 1.807) is 6.92 Å². The molecular formula is C30H38N2O2. The average Bonchev–Trinajstić information content (AvgIpc) is 3.14. The van der Waals surface area contributed by atoms with Gasteiger partial charge in [0.1, 0.15) is 5.78 Å². The highest BCUT2D eigenvalue weighted by molar-refractivity contribution is 5.92. The van der Waals surface area contributed by atoms with E-state index in [-0.39, 0.29) is 11.3 Å². The van der Waals surface area contributed by atoms with Gasteiger partial charge in [-0.1, -0.05) is 34.6 Å². The predicted octanol–water partition coefficient (Wildman–Crippen LogP) is 6.42. The van der Waals surface area contributed by atoms with Crippen LogP contribution in [0.1, 0.15) is 86.1 Å². The van der Waals surface area contributed by atoms with Gasteiger partial charge in [-0.3, -0.25) is 9.59 Å². The van der Waals surface area contributed by atoms with Crippen LogP contribution < -0.4 is 5.56 Å². The molecular weight excluding hydrogens is 420 g/mol. The van der Waals surface area contributed by atoms with Crippen LogP contribution in [0.5, 0.6) is 0 Å². The van der Waals surface area contributed by atoms with Crippen molar-refractivity contribution in [1.29, 1.82) is 0 Å². The second-order valence-electron chi connectivity index (χ2n) is 11.3. The third-order valence-electron chi connectivity index (χ3n) is 9.25. The zero-order valence-electron chi connectivity index (χ0n) is 22.7. The number of benzene rings is 1. The van der Waals surface area contributed by atoms with Crippen LogP contribution in [0.3, 0.4) is 0 Å². The van der Waals surface area contributed by atoms with Gasteiger partial charge in [0, 0.05) is 27.3 Å². The number of hydrogen-bond donors (Lipinski definition) is 0. The van der Waals surface area contributed by atoms with Crippen LogP contribution in [-0.2, 0) is 23.2 Å². The number of aryl methyl sites for hydroxylation is 3. The second kappa shape index (κ2) is 7.63. The number of pyridine rings is 2. The highest BCUT2D eigenvalue weighted by Crippen LogP contribution is 2.47. The molecule has 0 atom stereocenters. The average molecular weight is 459 g/mol. The number of carbonyl (C=O) groups is 1. The molecule has 0 bridgehead atoms. The molecule has 0 radical (unpaired) electrons. The van der Waals surface area contributed by atoms with Crippen molar-refractivity contribution in [2.45, 2.75) is 94.5 Å². The Kier molecular flexibility index (Phi) is 5.47. The minimum atomic E-state index is -0.618. The van der Waals surface area contributed by atoms with E-state index < -0.39 is 10.8 Å². The van der Waals surface area contributed by atoms with E-state index in [0.29, 0.717) is 13.0 Å². The quantitative estimate of drug-likeness (QED) is 0.354. The molecule has 1 aliphatic rings. The molecule has 0 N–H and O–H groups in total. The lowest BCUT2D eigenvalue weighted by Crippen LogP contribution is -2.44. The van der Waals surface area contributed by atoms with Gasteiger partial charge in [0.15, 0.2) is 0 Å². The molecule has 1 aromatic carbocycles. The molecule has 0 unspecified atom stereocenters. The van der Waals surface area contributed by atoms with Crippen LogP contribution in [0, 0.1) is 40.0 Å². The molecule has 180 valence electrons. The van der Waals surface area contributed by atoms with Gasteiger partial charge in [-0.05, 0) is 87.4 Å². The van der Waals surface area contributed by atoms with Crippen molar-refractivity contribution in [1.82, 2.24) is 9.55 Å². The highest BCUT2D eigenvalue weighted by atomic mass is 16.1. The number of Topliss-reactive ketones (excluding diaryl/α,β-unsaturated/α-hetero) is 1. The predicted molar refractivity (Wildman–Crippen MR) is 141 cm³/mol. The van der Waals surface area contributed by atoms with Crippen LogP contribution in [0.2, 0.25) is 0 Å². The molecule has 0 amide bonds. The standard InChI is InChI=1S/C30H38N2O2/c1-12-21-25(30(10,11)29(8,9)20(7)33)19(6)27-26-22(14-32(27)28(21)34)18(5)24-17(4)16(3)15(2)13-23(24)31-26/h13H,12,14H2,1-11H3. The molecule has 3 aromatic rings. The van der Waals surface area contributed by atoms with Gasteiger partial charge in [-0.25, -0.2) is 4.98 Å². The molecule has 4 rings (SSSR count). The number of fused-ring (bicyclic) bond motifs is 4. The van der Waals surface area contributed by atoms with Gasteiger partial charge in [-0.15, -0.1) is 0 Å². The fourth-order valence-corrected chi connectivity index (χ4v) is 5.99. The largest absolute Gasteiger partial charge is 0.302 e. The summed E-state index contributed by atoms with van der Waals surface area (Å²) in [5, 5.41) is 1.20. The molecule has 4 heteroatoms. The van der Waals surface area contributed by atoms with Gasteiger partial charge >= 0.3 is 0 Å². The Morgan fingerprint density at radius 1 is 1.00 bits per heavy atom. The van der Waals surface area contributed by atoms with E-state index in [0.717, 1.165) is 39.2 Å². The summed E-state index contributed by atoms with van der Waals surface area (Å²) < 4.78 is 1.92. The second-order valence-corrected chi connectivity index (χ2v) is 11.3. The topological polar surface area (TPSA) is 52.0 Å². The first-order chi connectivity index (χ1) is 15.7. The summed E-state index contributed by atoms with van der Waals surface area (Å²) in [6, 6.07) is 2.17. The summed E-state index contributed by atoms with van der Waals surface area (Å²) in [6.07, 6.45) is 0.634.